The molecule has 1 heterocycles. The van der Waals surface area contributed by atoms with Gasteiger partial charge in [-0.3, -0.25) is 0 Å². The first-order valence-corrected chi connectivity index (χ1v) is 8.20. The van der Waals surface area contributed by atoms with Crippen molar-refractivity contribution in [3.05, 3.63) is 65.7 Å². The Morgan fingerprint density at radius 3 is 2.78 bits per heavy atom. The average molecular weight is 314 g/mol. The lowest BCUT2D eigenvalue weighted by Crippen LogP contribution is -2.87. The van der Waals surface area contributed by atoms with Crippen LogP contribution in [-0.2, 0) is 11.2 Å². The topological polar surface area (TPSA) is 55.3 Å². The third-order valence-corrected chi connectivity index (χ3v) is 4.10. The molecule has 0 amide bonds. The first kappa shape index (κ1) is 16.0. The lowest BCUT2D eigenvalue weighted by atomic mass is 9.97. The minimum absolute atomic E-state index is 0.113. The summed E-state index contributed by atoms with van der Waals surface area (Å²) in [5, 5.41) is 12.1. The van der Waals surface area contributed by atoms with E-state index in [9.17, 15) is 5.11 Å². The minimum Gasteiger partial charge on any atom is -0.491 e. The lowest BCUT2D eigenvalue weighted by molar-refractivity contribution is -0.668. The minimum atomic E-state index is -0.492. The Hall–Kier alpha value is -1.88. The molecule has 0 aromatic heterocycles. The van der Waals surface area contributed by atoms with Crippen molar-refractivity contribution in [1.82, 2.24) is 0 Å². The molecule has 23 heavy (non-hydrogen) atoms. The number of rotatable bonds is 7. The zero-order chi connectivity index (χ0) is 15.9. The molecule has 2 aromatic rings. The fraction of sp³-hybridized carbons (Fsp3) is 0.368. The Kier molecular flexibility index (Phi) is 5.64. The van der Waals surface area contributed by atoms with Crippen LogP contribution in [0.1, 0.15) is 17.2 Å². The van der Waals surface area contributed by atoms with Crippen LogP contribution in [-0.4, -0.2) is 37.5 Å². The van der Waals surface area contributed by atoms with Crippen LogP contribution in [0, 0.1) is 0 Å². The van der Waals surface area contributed by atoms with Crippen molar-refractivity contribution < 1.29 is 19.9 Å². The van der Waals surface area contributed by atoms with Crippen molar-refractivity contribution >= 4 is 0 Å². The van der Waals surface area contributed by atoms with Crippen LogP contribution >= 0.6 is 0 Å². The Bertz CT molecular complexity index is 603. The summed E-state index contributed by atoms with van der Waals surface area (Å²) < 4.78 is 11.4. The van der Waals surface area contributed by atoms with E-state index in [1.807, 2.05) is 30.3 Å². The standard InChI is InChI=1S/C19H23NO3/c21-16(14-23-17-7-2-1-3-8-17)12-20-13-19-18-9-5-4-6-15(18)10-11-22-19/h1-9,16,19-21H,10-14H2/p+1/t16-,19+/m0/s1. The molecule has 4 nitrogen and oxygen atoms in total. The highest BCUT2D eigenvalue weighted by molar-refractivity contribution is 5.30. The molecular weight excluding hydrogens is 290 g/mol. The Labute approximate surface area is 137 Å². The summed E-state index contributed by atoms with van der Waals surface area (Å²) in [6.45, 7) is 2.51. The number of aliphatic hydroxyl groups excluding tert-OH is 1. The zero-order valence-corrected chi connectivity index (χ0v) is 13.2. The molecule has 0 saturated carbocycles. The molecule has 0 aliphatic carbocycles. The molecule has 1 aliphatic heterocycles. The van der Waals surface area contributed by atoms with Gasteiger partial charge in [0.05, 0.1) is 6.61 Å². The van der Waals surface area contributed by atoms with Gasteiger partial charge in [0.25, 0.3) is 0 Å². The van der Waals surface area contributed by atoms with Crippen molar-refractivity contribution in [2.75, 3.05) is 26.3 Å². The maximum Gasteiger partial charge on any atom is 0.137 e. The summed E-state index contributed by atoms with van der Waals surface area (Å²) in [6, 6.07) is 18.0. The molecule has 0 spiro atoms. The van der Waals surface area contributed by atoms with E-state index in [2.05, 4.69) is 29.6 Å². The van der Waals surface area contributed by atoms with Gasteiger partial charge in [-0.05, 0) is 29.7 Å². The Balaban J connectivity index is 1.41. The smallest absolute Gasteiger partial charge is 0.137 e. The molecule has 2 atom stereocenters. The van der Waals surface area contributed by atoms with Gasteiger partial charge in [-0.25, -0.2) is 0 Å². The van der Waals surface area contributed by atoms with Gasteiger partial charge >= 0.3 is 0 Å². The summed E-state index contributed by atoms with van der Waals surface area (Å²) in [5.41, 5.74) is 2.66. The second-order valence-electron chi connectivity index (χ2n) is 5.85. The van der Waals surface area contributed by atoms with Gasteiger partial charge in [-0.1, -0.05) is 42.5 Å². The van der Waals surface area contributed by atoms with E-state index in [1.165, 1.54) is 11.1 Å². The molecule has 0 saturated heterocycles. The summed E-state index contributed by atoms with van der Waals surface area (Å²) in [6.07, 6.45) is 0.608. The van der Waals surface area contributed by atoms with Crippen molar-refractivity contribution in [3.63, 3.8) is 0 Å². The van der Waals surface area contributed by atoms with Crippen LogP contribution in [0.3, 0.4) is 0 Å². The van der Waals surface area contributed by atoms with Crippen LogP contribution in [0.5, 0.6) is 5.75 Å². The van der Waals surface area contributed by atoms with Gasteiger partial charge in [0.1, 0.15) is 37.7 Å². The third-order valence-electron chi connectivity index (χ3n) is 4.10. The van der Waals surface area contributed by atoms with E-state index >= 15 is 0 Å². The highest BCUT2D eigenvalue weighted by Crippen LogP contribution is 2.25. The summed E-state index contributed by atoms with van der Waals surface area (Å²) in [4.78, 5) is 0. The van der Waals surface area contributed by atoms with Gasteiger partial charge in [0.2, 0.25) is 0 Å². The molecular formula is C19H24NO3+. The number of ether oxygens (including phenoxy) is 2. The van der Waals surface area contributed by atoms with E-state index in [1.54, 1.807) is 0 Å². The van der Waals surface area contributed by atoms with Gasteiger partial charge in [-0.2, -0.15) is 0 Å². The number of quaternary nitrogens is 1. The maximum atomic E-state index is 10.0. The second-order valence-corrected chi connectivity index (χ2v) is 5.85. The molecule has 0 unspecified atom stereocenters. The van der Waals surface area contributed by atoms with Crippen LogP contribution in [0.15, 0.2) is 54.6 Å². The second kappa shape index (κ2) is 8.11. The van der Waals surface area contributed by atoms with Crippen molar-refractivity contribution in [2.24, 2.45) is 0 Å². The number of hydrogen-bond donors (Lipinski definition) is 2. The van der Waals surface area contributed by atoms with Crippen molar-refractivity contribution in [3.8, 4) is 5.75 Å². The predicted octanol–water partition coefficient (Wildman–Crippen LogP) is 1.30. The number of aliphatic hydroxyl groups is 1. The van der Waals surface area contributed by atoms with Crippen LogP contribution < -0.4 is 10.1 Å². The van der Waals surface area contributed by atoms with E-state index < -0.39 is 6.10 Å². The zero-order valence-electron chi connectivity index (χ0n) is 13.2. The molecule has 122 valence electrons. The van der Waals surface area contributed by atoms with Gasteiger partial charge in [0, 0.05) is 0 Å². The molecule has 2 aromatic carbocycles. The molecule has 0 radical (unpaired) electrons. The monoisotopic (exact) mass is 314 g/mol. The van der Waals surface area contributed by atoms with Gasteiger partial charge in [-0.15, -0.1) is 0 Å². The van der Waals surface area contributed by atoms with E-state index in [-0.39, 0.29) is 6.10 Å². The lowest BCUT2D eigenvalue weighted by Gasteiger charge is -2.25. The summed E-state index contributed by atoms with van der Waals surface area (Å²) in [5.74, 6) is 0.788. The third kappa shape index (κ3) is 4.55. The molecule has 0 bridgehead atoms. The predicted molar refractivity (Wildman–Crippen MR) is 88.4 cm³/mol. The highest BCUT2D eigenvalue weighted by atomic mass is 16.5. The number of hydrogen-bond acceptors (Lipinski definition) is 3. The Morgan fingerprint density at radius 2 is 1.91 bits per heavy atom. The number of benzene rings is 2. The fourth-order valence-electron chi connectivity index (χ4n) is 2.89. The molecule has 0 fully saturated rings. The van der Waals surface area contributed by atoms with Gasteiger partial charge < -0.3 is 19.9 Å². The van der Waals surface area contributed by atoms with Gasteiger partial charge in [0.15, 0.2) is 0 Å². The molecule has 3 rings (SSSR count). The summed E-state index contributed by atoms with van der Waals surface area (Å²) >= 11 is 0. The number of para-hydroxylation sites is 1. The Morgan fingerprint density at radius 1 is 1.13 bits per heavy atom. The SMILES string of the molecule is O[C@@H](C[NH2+]C[C@H]1OCCc2ccccc21)COc1ccccc1. The van der Waals surface area contributed by atoms with Crippen molar-refractivity contribution in [2.45, 2.75) is 18.6 Å². The van der Waals surface area contributed by atoms with Crippen LogP contribution in [0.25, 0.3) is 0 Å². The number of fused-ring (bicyclic) bond motifs is 1. The maximum absolute atomic E-state index is 10.0. The van der Waals surface area contributed by atoms with Crippen molar-refractivity contribution in [1.29, 1.82) is 0 Å². The molecule has 1 aliphatic rings. The fourth-order valence-corrected chi connectivity index (χ4v) is 2.89. The van der Waals surface area contributed by atoms with Crippen LogP contribution in [0.4, 0.5) is 0 Å². The highest BCUT2D eigenvalue weighted by Gasteiger charge is 2.22. The largest absolute Gasteiger partial charge is 0.491 e. The first-order chi connectivity index (χ1) is 11.3. The molecule has 3 N–H and O–H groups in total. The summed E-state index contributed by atoms with van der Waals surface area (Å²) in [7, 11) is 0. The number of nitrogens with two attached hydrogens (primary N) is 1. The first-order valence-electron chi connectivity index (χ1n) is 8.20. The normalized spacial score (nSPS) is 18.2. The van der Waals surface area contributed by atoms with E-state index in [0.29, 0.717) is 13.2 Å². The van der Waals surface area contributed by atoms with E-state index in [4.69, 9.17) is 9.47 Å². The average Bonchev–Trinajstić information content (AvgIpc) is 2.61. The molecule has 4 heteroatoms. The quantitative estimate of drug-likeness (QED) is 0.810. The van der Waals surface area contributed by atoms with E-state index in [0.717, 1.165) is 25.3 Å². The van der Waals surface area contributed by atoms with Crippen LogP contribution in [0.2, 0.25) is 0 Å².